The maximum Gasteiger partial charge on any atom is 0.490 e. The van der Waals surface area contributed by atoms with Crippen molar-refractivity contribution >= 4 is 12.6 Å². The lowest BCUT2D eigenvalue weighted by Gasteiger charge is -2.00. The lowest BCUT2D eigenvalue weighted by atomic mass is 9.80. The van der Waals surface area contributed by atoms with E-state index in [1.54, 1.807) is 0 Å². The molecule has 0 saturated heterocycles. The Labute approximate surface area is 80.7 Å². The first-order valence-corrected chi connectivity index (χ1v) is 4.52. The van der Waals surface area contributed by atoms with Crippen LogP contribution in [0.1, 0.15) is 20.3 Å². The van der Waals surface area contributed by atoms with Crippen LogP contribution in [0.4, 0.5) is 0 Å². The highest BCUT2D eigenvalue weighted by Crippen LogP contribution is 1.85. The van der Waals surface area contributed by atoms with Gasteiger partial charge in [-0.25, -0.2) is 0 Å². The highest BCUT2D eigenvalue weighted by Gasteiger charge is 2.11. The Morgan fingerprint density at radius 2 is 1.69 bits per heavy atom. The van der Waals surface area contributed by atoms with Crippen molar-refractivity contribution in [1.82, 2.24) is 0 Å². The summed E-state index contributed by atoms with van der Waals surface area (Å²) < 4.78 is 4.69. The number of hydrogen-bond acceptors (Lipinski definition) is 2. The zero-order chi connectivity index (χ0) is 10.1. The summed E-state index contributed by atoms with van der Waals surface area (Å²) in [5.74, 6) is 0. The van der Waals surface area contributed by atoms with Crippen molar-refractivity contribution in [3.63, 3.8) is 0 Å². The molecule has 0 heterocycles. The zero-order valence-corrected chi connectivity index (χ0v) is 8.53. The van der Waals surface area contributed by atoms with E-state index in [9.17, 15) is 0 Å². The molecule has 1 aromatic rings. The van der Waals surface area contributed by atoms with Crippen LogP contribution in [0.2, 0.25) is 0 Å². The summed E-state index contributed by atoms with van der Waals surface area (Å²) in [6.45, 7) is 4.25. The van der Waals surface area contributed by atoms with E-state index in [1.807, 2.05) is 30.3 Å². The van der Waals surface area contributed by atoms with Crippen molar-refractivity contribution in [3.8, 4) is 0 Å². The van der Waals surface area contributed by atoms with Gasteiger partial charge in [-0.2, -0.15) is 0 Å². The second kappa shape index (κ2) is 7.83. The molecular formula is C10H17BO2. The van der Waals surface area contributed by atoms with Gasteiger partial charge in [0.2, 0.25) is 0 Å². The fraction of sp³-hybridized carbons (Fsp3) is 0.400. The van der Waals surface area contributed by atoms with E-state index in [-0.39, 0.29) is 0 Å². The van der Waals surface area contributed by atoms with Gasteiger partial charge < -0.3 is 9.68 Å². The average molecular weight is 180 g/mol. The topological polar surface area (TPSA) is 29.5 Å². The Bertz CT molecular complexity index is 201. The molecule has 2 nitrogen and oxygen atoms in total. The van der Waals surface area contributed by atoms with Crippen LogP contribution in [0.15, 0.2) is 30.3 Å². The number of rotatable bonds is 2. The molecule has 0 spiro atoms. The van der Waals surface area contributed by atoms with Crippen molar-refractivity contribution in [1.29, 1.82) is 0 Å². The second-order valence-electron chi connectivity index (χ2n) is 2.71. The summed E-state index contributed by atoms with van der Waals surface area (Å²) in [6.07, 6.45) is 1.25. The van der Waals surface area contributed by atoms with Crippen molar-refractivity contribution < 1.29 is 9.68 Å². The molecule has 1 N–H and O–H groups in total. The smallest absolute Gasteiger partial charge is 0.423 e. The molecule has 0 atom stereocenters. The Balaban J connectivity index is 0.000000424. The quantitative estimate of drug-likeness (QED) is 0.697. The molecule has 0 aliphatic carbocycles. The molecule has 1 aromatic carbocycles. The average Bonchev–Trinajstić information content (AvgIpc) is 2.19. The highest BCUT2D eigenvalue weighted by atomic mass is 16.5. The molecule has 0 aliphatic rings. The molecule has 1 rings (SSSR count). The van der Waals surface area contributed by atoms with Gasteiger partial charge >= 0.3 is 7.12 Å². The van der Waals surface area contributed by atoms with E-state index in [0.29, 0.717) is 0 Å². The third-order valence-electron chi connectivity index (χ3n) is 1.31. The van der Waals surface area contributed by atoms with Gasteiger partial charge in [-0.15, -0.1) is 0 Å². The maximum atomic E-state index is 9.11. The summed E-state index contributed by atoms with van der Waals surface area (Å²) in [4.78, 5) is 0. The summed E-state index contributed by atoms with van der Waals surface area (Å²) in [5.41, 5.74) is 0.782. The molecule has 72 valence electrons. The van der Waals surface area contributed by atoms with Crippen LogP contribution in [0, 0.1) is 0 Å². The molecule has 0 unspecified atom stereocenters. The Morgan fingerprint density at radius 1 is 1.23 bits per heavy atom. The van der Waals surface area contributed by atoms with E-state index in [0.717, 1.165) is 5.46 Å². The number of benzene rings is 1. The standard InChI is InChI=1S/C7H9BO2.C3H8/c1-10-8(9)7-5-3-2-4-6-7;1-3-2/h2-6,9H,1H3;3H2,1-2H3. The molecule has 3 heteroatoms. The summed E-state index contributed by atoms with van der Waals surface area (Å²) >= 11 is 0. The van der Waals surface area contributed by atoms with E-state index >= 15 is 0 Å². The van der Waals surface area contributed by atoms with Crippen LogP contribution < -0.4 is 5.46 Å². The molecule has 0 radical (unpaired) electrons. The molecule has 13 heavy (non-hydrogen) atoms. The van der Waals surface area contributed by atoms with Crippen LogP contribution >= 0.6 is 0 Å². The van der Waals surface area contributed by atoms with Gasteiger partial charge in [-0.3, -0.25) is 0 Å². The molecule has 0 amide bonds. The van der Waals surface area contributed by atoms with E-state index in [4.69, 9.17) is 9.68 Å². The molecule has 0 aromatic heterocycles. The zero-order valence-electron chi connectivity index (χ0n) is 8.53. The fourth-order valence-electron chi connectivity index (χ4n) is 0.754. The summed E-state index contributed by atoms with van der Waals surface area (Å²) in [7, 11) is 0.679. The van der Waals surface area contributed by atoms with Crippen molar-refractivity contribution in [2.45, 2.75) is 20.3 Å². The minimum atomic E-state index is -0.791. The van der Waals surface area contributed by atoms with Gasteiger partial charge in [0, 0.05) is 7.11 Å². The number of hydrogen-bond donors (Lipinski definition) is 1. The first kappa shape index (κ1) is 12.2. The minimum absolute atomic E-state index is 0.782. The van der Waals surface area contributed by atoms with Crippen molar-refractivity contribution in [3.05, 3.63) is 30.3 Å². The molecule has 0 saturated carbocycles. The maximum absolute atomic E-state index is 9.11. The summed E-state index contributed by atoms with van der Waals surface area (Å²) in [6, 6.07) is 9.24. The predicted octanol–water partition coefficient (Wildman–Crippen LogP) is 1.44. The molecule has 0 aliphatic heterocycles. The van der Waals surface area contributed by atoms with Gasteiger partial charge in [-0.1, -0.05) is 50.6 Å². The van der Waals surface area contributed by atoms with Crippen molar-refractivity contribution in [2.75, 3.05) is 7.11 Å². The third-order valence-corrected chi connectivity index (χ3v) is 1.31. The van der Waals surface area contributed by atoms with Gasteiger partial charge in [0.15, 0.2) is 0 Å². The van der Waals surface area contributed by atoms with Crippen LogP contribution in [0.5, 0.6) is 0 Å². The SMILES string of the molecule is CCC.COB(O)c1ccccc1. The van der Waals surface area contributed by atoms with E-state index < -0.39 is 7.12 Å². The minimum Gasteiger partial charge on any atom is -0.423 e. The van der Waals surface area contributed by atoms with Gasteiger partial charge in [0.1, 0.15) is 0 Å². The summed E-state index contributed by atoms with van der Waals surface area (Å²) in [5, 5.41) is 9.11. The largest absolute Gasteiger partial charge is 0.490 e. The van der Waals surface area contributed by atoms with Crippen LogP contribution in [-0.2, 0) is 4.65 Å². The second-order valence-corrected chi connectivity index (χ2v) is 2.71. The first-order valence-electron chi connectivity index (χ1n) is 4.52. The Kier molecular flexibility index (Phi) is 7.35. The van der Waals surface area contributed by atoms with Crippen LogP contribution in [0.25, 0.3) is 0 Å². The van der Waals surface area contributed by atoms with Crippen LogP contribution in [-0.4, -0.2) is 19.3 Å². The van der Waals surface area contributed by atoms with E-state index in [2.05, 4.69) is 13.8 Å². The van der Waals surface area contributed by atoms with Crippen LogP contribution in [0.3, 0.4) is 0 Å². The Morgan fingerprint density at radius 3 is 2.08 bits per heavy atom. The Hall–Kier alpha value is -0.795. The monoisotopic (exact) mass is 180 g/mol. The fourth-order valence-corrected chi connectivity index (χ4v) is 0.754. The highest BCUT2D eigenvalue weighted by molar-refractivity contribution is 6.59. The third kappa shape index (κ3) is 5.44. The first-order chi connectivity index (χ1) is 6.26. The van der Waals surface area contributed by atoms with Gasteiger partial charge in [0.05, 0.1) is 0 Å². The molecule has 0 fully saturated rings. The predicted molar refractivity (Wildman–Crippen MR) is 57.0 cm³/mol. The van der Waals surface area contributed by atoms with Gasteiger partial charge in [0.25, 0.3) is 0 Å². The van der Waals surface area contributed by atoms with E-state index in [1.165, 1.54) is 13.5 Å². The van der Waals surface area contributed by atoms with Gasteiger partial charge in [-0.05, 0) is 5.46 Å². The van der Waals surface area contributed by atoms with Crippen molar-refractivity contribution in [2.24, 2.45) is 0 Å². The molecule has 0 bridgehead atoms. The lowest BCUT2D eigenvalue weighted by molar-refractivity contribution is 0.341. The normalized spacial score (nSPS) is 8.62. The molecular weight excluding hydrogens is 163 g/mol. The lowest BCUT2D eigenvalue weighted by Crippen LogP contribution is -2.31.